The van der Waals surface area contributed by atoms with E-state index in [1.807, 2.05) is 4.52 Å². The van der Waals surface area contributed by atoms with Crippen LogP contribution in [0, 0.1) is 0 Å². The molecule has 0 aromatic carbocycles. The van der Waals surface area contributed by atoms with E-state index in [1.54, 1.807) is 11.3 Å². The number of hydrogen-bond acceptors (Lipinski definition) is 5. The number of fused-ring (bicyclic) bond motifs is 1. The molecule has 0 bridgehead atoms. The molecule has 17 heavy (non-hydrogen) atoms. The second-order valence-electron chi connectivity index (χ2n) is 4.79. The minimum absolute atomic E-state index is 0.0224. The van der Waals surface area contributed by atoms with Crippen LogP contribution < -0.4 is 5.32 Å². The summed E-state index contributed by atoms with van der Waals surface area (Å²) in [6.07, 6.45) is 4.55. The highest BCUT2D eigenvalue weighted by Gasteiger charge is 2.32. The summed E-state index contributed by atoms with van der Waals surface area (Å²) in [5.41, 5.74) is 0.0224. The van der Waals surface area contributed by atoms with E-state index in [-0.39, 0.29) is 5.54 Å². The van der Waals surface area contributed by atoms with Crippen molar-refractivity contribution in [2.45, 2.75) is 45.1 Å². The topological polar surface area (TPSA) is 55.1 Å². The molecule has 0 spiro atoms. The average Bonchev–Trinajstić information content (AvgIpc) is 2.89. The molecule has 5 nitrogen and oxygen atoms in total. The Balaban J connectivity index is 2.02. The zero-order valence-corrected chi connectivity index (χ0v) is 11.0. The number of nitrogens with zero attached hydrogens (tertiary/aromatic N) is 4. The van der Waals surface area contributed by atoms with Gasteiger partial charge < -0.3 is 5.32 Å². The second-order valence-corrected chi connectivity index (χ2v) is 5.74. The number of aryl methyl sites for hydroxylation is 1. The predicted molar refractivity (Wildman–Crippen MR) is 67.2 cm³/mol. The van der Waals surface area contributed by atoms with Gasteiger partial charge >= 0.3 is 0 Å². The third-order valence-corrected chi connectivity index (χ3v) is 4.63. The van der Waals surface area contributed by atoms with Gasteiger partial charge in [-0.3, -0.25) is 0 Å². The Labute approximate surface area is 104 Å². The lowest BCUT2D eigenvalue weighted by atomic mass is 9.92. The highest BCUT2D eigenvalue weighted by molar-refractivity contribution is 7.16. The molecule has 1 fully saturated rings. The van der Waals surface area contributed by atoms with E-state index >= 15 is 0 Å². The van der Waals surface area contributed by atoms with Gasteiger partial charge in [-0.2, -0.15) is 9.61 Å². The van der Waals surface area contributed by atoms with E-state index in [0.717, 1.165) is 35.2 Å². The maximum atomic E-state index is 4.69. The van der Waals surface area contributed by atoms with Crippen molar-refractivity contribution in [1.82, 2.24) is 25.1 Å². The van der Waals surface area contributed by atoms with E-state index in [9.17, 15) is 0 Å². The molecule has 6 heteroatoms. The fourth-order valence-corrected chi connectivity index (χ4v) is 3.35. The van der Waals surface area contributed by atoms with Crippen molar-refractivity contribution in [3.05, 3.63) is 10.8 Å². The predicted octanol–water partition coefficient (Wildman–Crippen LogP) is 1.74. The van der Waals surface area contributed by atoms with Crippen LogP contribution in [0.4, 0.5) is 0 Å². The van der Waals surface area contributed by atoms with Crippen molar-refractivity contribution in [1.29, 1.82) is 0 Å². The Morgan fingerprint density at radius 1 is 1.41 bits per heavy atom. The Hall–Kier alpha value is -1.01. The molecule has 3 rings (SSSR count). The molecule has 1 unspecified atom stereocenters. The van der Waals surface area contributed by atoms with Crippen molar-refractivity contribution in [3.8, 4) is 0 Å². The minimum atomic E-state index is 0.0224. The lowest BCUT2D eigenvalue weighted by molar-refractivity contribution is 0.280. The van der Waals surface area contributed by atoms with Gasteiger partial charge in [-0.1, -0.05) is 18.3 Å². The zero-order valence-electron chi connectivity index (χ0n) is 10.2. The summed E-state index contributed by atoms with van der Waals surface area (Å²) in [5, 5.41) is 17.7. The van der Waals surface area contributed by atoms with E-state index in [4.69, 9.17) is 0 Å². The summed E-state index contributed by atoms with van der Waals surface area (Å²) >= 11 is 1.65. The molecule has 92 valence electrons. The number of nitrogens with one attached hydrogen (secondary N) is 1. The average molecular weight is 251 g/mol. The SMILES string of the molecule is CCc1nnc2sc(C3(C)CCCCN3)nn12. The maximum absolute atomic E-state index is 4.69. The summed E-state index contributed by atoms with van der Waals surface area (Å²) in [6.45, 7) is 5.40. The van der Waals surface area contributed by atoms with Gasteiger partial charge in [0, 0.05) is 6.42 Å². The Kier molecular flexibility index (Phi) is 2.63. The molecule has 0 aliphatic carbocycles. The van der Waals surface area contributed by atoms with E-state index < -0.39 is 0 Å². The molecule has 1 aliphatic rings. The van der Waals surface area contributed by atoms with Crippen LogP contribution in [0.1, 0.15) is 43.9 Å². The van der Waals surface area contributed by atoms with Crippen LogP contribution in [0.25, 0.3) is 4.96 Å². The summed E-state index contributed by atoms with van der Waals surface area (Å²) in [6, 6.07) is 0. The normalized spacial score (nSPS) is 25.5. The molecule has 1 atom stereocenters. The minimum Gasteiger partial charge on any atom is -0.306 e. The largest absolute Gasteiger partial charge is 0.306 e. The van der Waals surface area contributed by atoms with Crippen LogP contribution >= 0.6 is 11.3 Å². The molecular weight excluding hydrogens is 234 g/mol. The lowest BCUT2D eigenvalue weighted by Crippen LogP contribution is -2.43. The molecular formula is C11H17N5S. The van der Waals surface area contributed by atoms with Crippen LogP contribution in [0.3, 0.4) is 0 Å². The van der Waals surface area contributed by atoms with Crippen molar-refractivity contribution < 1.29 is 0 Å². The molecule has 1 saturated heterocycles. The summed E-state index contributed by atoms with van der Waals surface area (Å²) in [4.78, 5) is 0.908. The second kappa shape index (κ2) is 4.03. The number of aromatic nitrogens is 4. The van der Waals surface area contributed by atoms with Crippen molar-refractivity contribution >= 4 is 16.3 Å². The quantitative estimate of drug-likeness (QED) is 0.883. The smallest absolute Gasteiger partial charge is 0.234 e. The van der Waals surface area contributed by atoms with E-state index in [2.05, 4.69) is 34.5 Å². The fourth-order valence-electron chi connectivity index (χ4n) is 2.34. The zero-order chi connectivity index (χ0) is 11.9. The molecule has 1 aliphatic heterocycles. The van der Waals surface area contributed by atoms with Gasteiger partial charge in [-0.05, 0) is 32.7 Å². The van der Waals surface area contributed by atoms with E-state index in [1.165, 1.54) is 12.8 Å². The van der Waals surface area contributed by atoms with Crippen LogP contribution in [0.5, 0.6) is 0 Å². The van der Waals surface area contributed by atoms with Gasteiger partial charge in [0.25, 0.3) is 0 Å². The number of piperidine rings is 1. The van der Waals surface area contributed by atoms with Gasteiger partial charge in [0.1, 0.15) is 5.01 Å². The van der Waals surface area contributed by atoms with Gasteiger partial charge in [0.15, 0.2) is 5.82 Å². The van der Waals surface area contributed by atoms with Gasteiger partial charge in [0.2, 0.25) is 4.96 Å². The Bertz CT molecular complexity index is 523. The highest BCUT2D eigenvalue weighted by atomic mass is 32.1. The third kappa shape index (κ3) is 1.75. The highest BCUT2D eigenvalue weighted by Crippen LogP contribution is 2.32. The maximum Gasteiger partial charge on any atom is 0.234 e. The van der Waals surface area contributed by atoms with Crippen LogP contribution in [0.15, 0.2) is 0 Å². The number of hydrogen-bond donors (Lipinski definition) is 1. The van der Waals surface area contributed by atoms with Gasteiger partial charge in [0.05, 0.1) is 5.54 Å². The molecule has 0 saturated carbocycles. The van der Waals surface area contributed by atoms with Crippen molar-refractivity contribution in [2.24, 2.45) is 0 Å². The number of rotatable bonds is 2. The van der Waals surface area contributed by atoms with Crippen molar-refractivity contribution in [2.75, 3.05) is 6.54 Å². The first-order chi connectivity index (χ1) is 8.23. The first-order valence-electron chi connectivity index (χ1n) is 6.19. The lowest BCUT2D eigenvalue weighted by Gasteiger charge is -2.32. The Morgan fingerprint density at radius 3 is 3.00 bits per heavy atom. The third-order valence-electron chi connectivity index (χ3n) is 3.46. The van der Waals surface area contributed by atoms with Crippen LogP contribution in [0.2, 0.25) is 0 Å². The molecule has 0 amide bonds. The van der Waals surface area contributed by atoms with Crippen LogP contribution in [-0.2, 0) is 12.0 Å². The molecule has 0 radical (unpaired) electrons. The fraction of sp³-hybridized carbons (Fsp3) is 0.727. The monoisotopic (exact) mass is 251 g/mol. The molecule has 3 heterocycles. The molecule has 2 aromatic heterocycles. The van der Waals surface area contributed by atoms with E-state index in [0.29, 0.717) is 0 Å². The summed E-state index contributed by atoms with van der Waals surface area (Å²) < 4.78 is 1.89. The van der Waals surface area contributed by atoms with Gasteiger partial charge in [-0.15, -0.1) is 10.2 Å². The van der Waals surface area contributed by atoms with Crippen LogP contribution in [-0.4, -0.2) is 26.4 Å². The molecule has 1 N–H and O–H groups in total. The Morgan fingerprint density at radius 2 is 2.29 bits per heavy atom. The first kappa shape index (κ1) is 11.1. The summed E-state index contributed by atoms with van der Waals surface area (Å²) in [5.74, 6) is 0.946. The first-order valence-corrected chi connectivity index (χ1v) is 7.01. The standard InChI is InChI=1S/C11H17N5S/c1-3-8-13-14-10-16(8)15-9(17-10)11(2)6-4-5-7-12-11/h12H,3-7H2,1-2H3. The molecule has 2 aromatic rings. The summed E-state index contributed by atoms with van der Waals surface area (Å²) in [7, 11) is 0. The van der Waals surface area contributed by atoms with Crippen molar-refractivity contribution in [3.63, 3.8) is 0 Å². The van der Waals surface area contributed by atoms with Gasteiger partial charge in [-0.25, -0.2) is 0 Å².